The van der Waals surface area contributed by atoms with Gasteiger partial charge in [0.25, 0.3) is 5.56 Å². The second-order valence-electron chi connectivity index (χ2n) is 5.44. The van der Waals surface area contributed by atoms with Gasteiger partial charge in [-0.2, -0.15) is 0 Å². The predicted octanol–water partition coefficient (Wildman–Crippen LogP) is 2.58. The van der Waals surface area contributed by atoms with Crippen LogP contribution in [0.4, 0.5) is 5.95 Å². The number of aromatic nitrogens is 2. The Balaban J connectivity index is 2.32. The van der Waals surface area contributed by atoms with E-state index >= 15 is 0 Å². The number of aromatic amines is 1. The van der Waals surface area contributed by atoms with Crippen LogP contribution < -0.4 is 10.5 Å². The van der Waals surface area contributed by atoms with Crippen molar-refractivity contribution >= 4 is 5.95 Å². The van der Waals surface area contributed by atoms with Gasteiger partial charge in [-0.3, -0.25) is 9.78 Å². The third-order valence-electron chi connectivity index (χ3n) is 3.62. The first kappa shape index (κ1) is 13.1. The van der Waals surface area contributed by atoms with Gasteiger partial charge in [-0.05, 0) is 25.7 Å². The lowest BCUT2D eigenvalue weighted by molar-refractivity contribution is 0.726. The summed E-state index contributed by atoms with van der Waals surface area (Å²) in [5.74, 6) is 0.975. The molecule has 0 saturated carbocycles. The molecule has 0 spiro atoms. The van der Waals surface area contributed by atoms with Gasteiger partial charge in [0, 0.05) is 18.7 Å². The van der Waals surface area contributed by atoms with Crippen molar-refractivity contribution in [1.29, 1.82) is 0 Å². The van der Waals surface area contributed by atoms with Crippen LogP contribution >= 0.6 is 0 Å². The van der Waals surface area contributed by atoms with E-state index in [4.69, 9.17) is 0 Å². The van der Waals surface area contributed by atoms with Gasteiger partial charge in [0.15, 0.2) is 0 Å². The molecule has 0 radical (unpaired) electrons. The van der Waals surface area contributed by atoms with Crippen LogP contribution in [0.25, 0.3) is 0 Å². The van der Waals surface area contributed by atoms with Crippen molar-refractivity contribution < 1.29 is 0 Å². The van der Waals surface area contributed by atoms with E-state index in [0.29, 0.717) is 0 Å². The van der Waals surface area contributed by atoms with E-state index in [1.807, 2.05) is 20.8 Å². The third-order valence-corrected chi connectivity index (χ3v) is 3.62. The van der Waals surface area contributed by atoms with Gasteiger partial charge in [-0.1, -0.05) is 26.7 Å². The molecule has 0 atom stereocenters. The maximum atomic E-state index is 12.1. The molecule has 1 aliphatic heterocycles. The minimum atomic E-state index is 0.0248. The Morgan fingerprint density at radius 3 is 2.28 bits per heavy atom. The fraction of sp³-hybridized carbons (Fsp3) is 0.714. The first-order valence-corrected chi connectivity index (χ1v) is 6.95. The van der Waals surface area contributed by atoms with Gasteiger partial charge in [0.05, 0.1) is 5.69 Å². The van der Waals surface area contributed by atoms with E-state index in [-0.39, 0.29) is 11.5 Å². The Hall–Kier alpha value is -1.32. The Morgan fingerprint density at radius 1 is 1.17 bits per heavy atom. The van der Waals surface area contributed by atoms with Crippen molar-refractivity contribution in [3.63, 3.8) is 0 Å². The molecular formula is C14H23N3O. The van der Waals surface area contributed by atoms with Crippen LogP contribution in [-0.4, -0.2) is 23.1 Å². The molecule has 4 nitrogen and oxygen atoms in total. The van der Waals surface area contributed by atoms with Crippen LogP contribution in [0.5, 0.6) is 0 Å². The van der Waals surface area contributed by atoms with Crippen LogP contribution in [0, 0.1) is 6.92 Å². The van der Waals surface area contributed by atoms with Crippen LogP contribution in [0.3, 0.4) is 0 Å². The summed E-state index contributed by atoms with van der Waals surface area (Å²) in [5, 5.41) is 0. The minimum Gasteiger partial charge on any atom is -0.342 e. The summed E-state index contributed by atoms with van der Waals surface area (Å²) in [6.07, 6.45) is 4.94. The molecule has 4 heteroatoms. The largest absolute Gasteiger partial charge is 0.342 e. The van der Waals surface area contributed by atoms with Crippen molar-refractivity contribution in [2.45, 2.75) is 52.4 Å². The highest BCUT2D eigenvalue weighted by atomic mass is 16.1. The lowest BCUT2D eigenvalue weighted by atomic mass is 10.0. The second kappa shape index (κ2) is 5.55. The molecule has 0 amide bonds. The fourth-order valence-corrected chi connectivity index (χ4v) is 2.69. The van der Waals surface area contributed by atoms with E-state index in [1.54, 1.807) is 0 Å². The third kappa shape index (κ3) is 2.74. The van der Waals surface area contributed by atoms with Crippen LogP contribution in [0.2, 0.25) is 0 Å². The number of nitrogens with zero attached hydrogens (tertiary/aromatic N) is 2. The summed E-state index contributed by atoms with van der Waals surface area (Å²) in [5.41, 5.74) is 1.71. The molecule has 0 aromatic carbocycles. The highest BCUT2D eigenvalue weighted by Gasteiger charge is 2.16. The van der Waals surface area contributed by atoms with Gasteiger partial charge >= 0.3 is 0 Å². The summed E-state index contributed by atoms with van der Waals surface area (Å²) < 4.78 is 0. The van der Waals surface area contributed by atoms with Gasteiger partial charge in [-0.15, -0.1) is 0 Å². The topological polar surface area (TPSA) is 49.0 Å². The predicted molar refractivity (Wildman–Crippen MR) is 74.4 cm³/mol. The molecule has 0 unspecified atom stereocenters. The number of hydrogen-bond acceptors (Lipinski definition) is 3. The number of aryl methyl sites for hydroxylation is 1. The average Bonchev–Trinajstić information content (AvgIpc) is 2.55. The summed E-state index contributed by atoms with van der Waals surface area (Å²) in [6, 6.07) is 0. The standard InChI is InChI=1S/C14H23N3O/c1-10(2)12-11(3)15-14(16-13(12)18)17-8-6-4-5-7-9-17/h10H,4-9H2,1-3H3,(H,15,16,18). The lowest BCUT2D eigenvalue weighted by Crippen LogP contribution is -2.30. The summed E-state index contributed by atoms with van der Waals surface area (Å²) in [7, 11) is 0. The second-order valence-corrected chi connectivity index (χ2v) is 5.44. The Bertz CT molecular complexity index is 457. The summed E-state index contributed by atoms with van der Waals surface area (Å²) in [6.45, 7) is 8.01. The Kier molecular flexibility index (Phi) is 4.04. The van der Waals surface area contributed by atoms with Crippen molar-refractivity contribution in [3.05, 3.63) is 21.6 Å². The fourth-order valence-electron chi connectivity index (χ4n) is 2.69. The van der Waals surface area contributed by atoms with Crippen molar-refractivity contribution in [3.8, 4) is 0 Å². The van der Waals surface area contributed by atoms with Gasteiger partial charge < -0.3 is 4.90 Å². The molecule has 2 rings (SSSR count). The normalized spacial score (nSPS) is 17.0. The first-order chi connectivity index (χ1) is 8.59. The lowest BCUT2D eigenvalue weighted by Gasteiger charge is -2.22. The average molecular weight is 249 g/mol. The van der Waals surface area contributed by atoms with E-state index < -0.39 is 0 Å². The van der Waals surface area contributed by atoms with E-state index in [0.717, 1.165) is 30.3 Å². The zero-order chi connectivity index (χ0) is 13.1. The molecule has 1 aromatic heterocycles. The van der Waals surface area contributed by atoms with Gasteiger partial charge in [0.1, 0.15) is 0 Å². The van der Waals surface area contributed by atoms with E-state index in [2.05, 4.69) is 14.9 Å². The maximum absolute atomic E-state index is 12.1. The van der Waals surface area contributed by atoms with Crippen LogP contribution in [-0.2, 0) is 0 Å². The number of anilines is 1. The molecule has 2 heterocycles. The minimum absolute atomic E-state index is 0.0248. The first-order valence-electron chi connectivity index (χ1n) is 6.95. The molecule has 0 aliphatic carbocycles. The van der Waals surface area contributed by atoms with E-state index in [1.165, 1.54) is 25.7 Å². The number of nitrogens with one attached hydrogen (secondary N) is 1. The van der Waals surface area contributed by atoms with Crippen LogP contribution in [0.1, 0.15) is 56.7 Å². The Labute approximate surface area is 108 Å². The quantitative estimate of drug-likeness (QED) is 0.876. The molecule has 100 valence electrons. The van der Waals surface area contributed by atoms with Crippen molar-refractivity contribution in [2.75, 3.05) is 18.0 Å². The highest BCUT2D eigenvalue weighted by molar-refractivity contribution is 5.34. The number of H-pyrrole nitrogens is 1. The monoisotopic (exact) mass is 249 g/mol. The molecule has 0 bridgehead atoms. The summed E-state index contributed by atoms with van der Waals surface area (Å²) in [4.78, 5) is 21.9. The van der Waals surface area contributed by atoms with E-state index in [9.17, 15) is 4.79 Å². The zero-order valence-corrected chi connectivity index (χ0v) is 11.6. The summed E-state index contributed by atoms with van der Waals surface area (Å²) >= 11 is 0. The molecule has 18 heavy (non-hydrogen) atoms. The number of hydrogen-bond donors (Lipinski definition) is 1. The Morgan fingerprint density at radius 2 is 1.78 bits per heavy atom. The molecular weight excluding hydrogens is 226 g/mol. The van der Waals surface area contributed by atoms with Gasteiger partial charge in [0.2, 0.25) is 5.95 Å². The molecule has 1 aliphatic rings. The molecule has 1 saturated heterocycles. The maximum Gasteiger partial charge on any atom is 0.255 e. The van der Waals surface area contributed by atoms with Crippen LogP contribution in [0.15, 0.2) is 4.79 Å². The van der Waals surface area contributed by atoms with Gasteiger partial charge in [-0.25, -0.2) is 4.98 Å². The van der Waals surface area contributed by atoms with Crippen molar-refractivity contribution in [2.24, 2.45) is 0 Å². The smallest absolute Gasteiger partial charge is 0.255 e. The molecule has 1 N–H and O–H groups in total. The SMILES string of the molecule is Cc1nc(N2CCCCCC2)[nH]c(=O)c1C(C)C. The highest BCUT2D eigenvalue weighted by Crippen LogP contribution is 2.18. The van der Waals surface area contributed by atoms with Crippen molar-refractivity contribution in [1.82, 2.24) is 9.97 Å². The number of rotatable bonds is 2. The zero-order valence-electron chi connectivity index (χ0n) is 11.6. The molecule has 1 fully saturated rings. The molecule has 1 aromatic rings.